The zero-order valence-corrected chi connectivity index (χ0v) is 15.4. The van der Waals surface area contributed by atoms with Gasteiger partial charge in [-0.15, -0.1) is 16.4 Å². The molecule has 0 aliphatic carbocycles. The molecule has 3 heterocycles. The predicted molar refractivity (Wildman–Crippen MR) is 93.8 cm³/mol. The van der Waals surface area contributed by atoms with Crippen LogP contribution in [-0.2, 0) is 5.60 Å². The van der Waals surface area contributed by atoms with Gasteiger partial charge in [-0.25, -0.2) is 4.68 Å². The van der Waals surface area contributed by atoms with Crippen LogP contribution in [0.5, 0.6) is 0 Å². The van der Waals surface area contributed by atoms with Crippen molar-refractivity contribution in [2.45, 2.75) is 45.3 Å². The van der Waals surface area contributed by atoms with Crippen molar-refractivity contribution in [2.24, 2.45) is 0 Å². The predicted octanol–water partition coefficient (Wildman–Crippen LogP) is 2.25. The molecule has 0 bridgehead atoms. The SMILES string of the molecule is CC(=O)c1cc(C(=O)N2CCC(n3cc(C(C)(C)O)nn3)CC2)cs1. The van der Waals surface area contributed by atoms with Crippen molar-refractivity contribution in [3.8, 4) is 0 Å². The molecule has 7 nitrogen and oxygen atoms in total. The average Bonchev–Trinajstić information content (AvgIpc) is 3.23. The summed E-state index contributed by atoms with van der Waals surface area (Å²) in [4.78, 5) is 26.4. The van der Waals surface area contributed by atoms with Gasteiger partial charge in [-0.3, -0.25) is 9.59 Å². The highest BCUT2D eigenvalue weighted by Gasteiger charge is 2.27. The number of ketones is 1. The number of amides is 1. The Bertz CT molecular complexity index is 782. The fourth-order valence-electron chi connectivity index (χ4n) is 2.88. The van der Waals surface area contributed by atoms with Gasteiger partial charge in [-0.2, -0.15) is 0 Å². The number of Topliss-reactive ketones (excluding diaryl/α,β-unsaturated/α-hetero) is 1. The molecule has 1 saturated heterocycles. The smallest absolute Gasteiger partial charge is 0.254 e. The van der Waals surface area contributed by atoms with Crippen molar-refractivity contribution in [3.63, 3.8) is 0 Å². The largest absolute Gasteiger partial charge is 0.384 e. The molecule has 25 heavy (non-hydrogen) atoms. The normalized spacial score (nSPS) is 16.2. The van der Waals surface area contributed by atoms with Crippen LogP contribution in [0.4, 0.5) is 0 Å². The van der Waals surface area contributed by atoms with Crippen molar-refractivity contribution >= 4 is 23.0 Å². The van der Waals surface area contributed by atoms with E-state index in [1.54, 1.807) is 36.2 Å². The Hall–Kier alpha value is -2.06. The Labute approximate surface area is 150 Å². The lowest BCUT2D eigenvalue weighted by Gasteiger charge is -2.31. The van der Waals surface area contributed by atoms with E-state index < -0.39 is 5.60 Å². The number of aromatic nitrogens is 3. The molecule has 2 aromatic heterocycles. The Morgan fingerprint density at radius 1 is 1.32 bits per heavy atom. The number of likely N-dealkylation sites (tertiary alicyclic amines) is 1. The van der Waals surface area contributed by atoms with Crippen LogP contribution >= 0.6 is 11.3 Å². The molecular weight excluding hydrogens is 340 g/mol. The molecule has 0 atom stereocenters. The van der Waals surface area contributed by atoms with E-state index in [0.29, 0.717) is 29.2 Å². The first-order chi connectivity index (χ1) is 11.8. The second-order valence-electron chi connectivity index (χ2n) is 6.92. The Balaban J connectivity index is 1.62. The second-order valence-corrected chi connectivity index (χ2v) is 7.83. The molecule has 1 aliphatic rings. The number of carbonyl (C=O) groups is 2. The summed E-state index contributed by atoms with van der Waals surface area (Å²) in [6, 6.07) is 1.84. The minimum atomic E-state index is -1.01. The highest BCUT2D eigenvalue weighted by Crippen LogP contribution is 2.26. The van der Waals surface area contributed by atoms with Gasteiger partial charge < -0.3 is 10.0 Å². The number of hydrogen-bond acceptors (Lipinski definition) is 6. The molecular formula is C17H22N4O3S. The minimum Gasteiger partial charge on any atom is -0.384 e. The summed E-state index contributed by atoms with van der Waals surface area (Å²) >= 11 is 1.31. The standard InChI is InChI=1S/C17H22N4O3S/c1-11(22)14-8-12(10-25-14)16(23)20-6-4-13(5-7-20)21-9-15(18-19-21)17(2,3)24/h8-10,13,24H,4-7H2,1-3H3. The lowest BCUT2D eigenvalue weighted by atomic mass is 10.0. The van der Waals surface area contributed by atoms with Crippen LogP contribution < -0.4 is 0 Å². The molecule has 8 heteroatoms. The number of rotatable bonds is 4. The van der Waals surface area contributed by atoms with Crippen molar-refractivity contribution in [2.75, 3.05) is 13.1 Å². The maximum absolute atomic E-state index is 12.6. The Morgan fingerprint density at radius 3 is 2.52 bits per heavy atom. The van der Waals surface area contributed by atoms with Gasteiger partial charge in [-0.05, 0) is 39.7 Å². The molecule has 2 aromatic rings. The molecule has 1 amide bonds. The van der Waals surface area contributed by atoms with Gasteiger partial charge in [0.15, 0.2) is 5.78 Å². The van der Waals surface area contributed by atoms with E-state index in [1.165, 1.54) is 18.3 Å². The zero-order valence-electron chi connectivity index (χ0n) is 14.6. The first kappa shape index (κ1) is 17.8. The fourth-order valence-corrected chi connectivity index (χ4v) is 3.67. The molecule has 0 radical (unpaired) electrons. The van der Waals surface area contributed by atoms with Gasteiger partial charge in [0.25, 0.3) is 5.91 Å². The number of piperidine rings is 1. The molecule has 0 saturated carbocycles. The monoisotopic (exact) mass is 362 g/mol. The van der Waals surface area contributed by atoms with Crippen molar-refractivity contribution in [3.05, 3.63) is 33.8 Å². The van der Waals surface area contributed by atoms with Gasteiger partial charge in [0, 0.05) is 18.5 Å². The molecule has 0 aromatic carbocycles. The maximum Gasteiger partial charge on any atom is 0.254 e. The quantitative estimate of drug-likeness (QED) is 0.843. The number of aliphatic hydroxyl groups is 1. The van der Waals surface area contributed by atoms with Gasteiger partial charge >= 0.3 is 0 Å². The second kappa shape index (κ2) is 6.68. The van der Waals surface area contributed by atoms with E-state index >= 15 is 0 Å². The first-order valence-electron chi connectivity index (χ1n) is 8.29. The van der Waals surface area contributed by atoms with Gasteiger partial charge in [0.05, 0.1) is 22.7 Å². The molecule has 0 spiro atoms. The van der Waals surface area contributed by atoms with Crippen LogP contribution in [0, 0.1) is 0 Å². The molecule has 1 fully saturated rings. The molecule has 0 unspecified atom stereocenters. The third-order valence-corrected chi connectivity index (χ3v) is 5.49. The lowest BCUT2D eigenvalue weighted by Crippen LogP contribution is -2.39. The van der Waals surface area contributed by atoms with Crippen LogP contribution in [0.25, 0.3) is 0 Å². The van der Waals surface area contributed by atoms with Gasteiger partial charge in [0.1, 0.15) is 11.3 Å². The lowest BCUT2D eigenvalue weighted by molar-refractivity contribution is 0.0689. The summed E-state index contributed by atoms with van der Waals surface area (Å²) in [5.74, 6) is -0.0467. The third-order valence-electron chi connectivity index (χ3n) is 4.46. The third kappa shape index (κ3) is 3.80. The van der Waals surface area contributed by atoms with Crippen molar-refractivity contribution in [1.29, 1.82) is 0 Å². The zero-order chi connectivity index (χ0) is 18.2. The Morgan fingerprint density at radius 2 is 2.00 bits per heavy atom. The topological polar surface area (TPSA) is 88.3 Å². The van der Waals surface area contributed by atoms with Crippen LogP contribution in [0.2, 0.25) is 0 Å². The maximum atomic E-state index is 12.6. The van der Waals surface area contributed by atoms with Crippen LogP contribution in [0.1, 0.15) is 65.4 Å². The minimum absolute atomic E-state index is 0.0171. The van der Waals surface area contributed by atoms with E-state index in [9.17, 15) is 14.7 Å². The van der Waals surface area contributed by atoms with E-state index in [1.807, 2.05) is 4.90 Å². The number of carbonyl (C=O) groups excluding carboxylic acids is 2. The summed E-state index contributed by atoms with van der Waals surface area (Å²) in [5, 5.41) is 19.9. The summed E-state index contributed by atoms with van der Waals surface area (Å²) in [6.45, 7) is 6.13. The fraction of sp³-hybridized carbons (Fsp3) is 0.529. The van der Waals surface area contributed by atoms with Gasteiger partial charge in [0.2, 0.25) is 0 Å². The van der Waals surface area contributed by atoms with E-state index in [-0.39, 0.29) is 17.7 Å². The molecule has 134 valence electrons. The number of thiophene rings is 1. The summed E-state index contributed by atoms with van der Waals surface area (Å²) in [6.07, 6.45) is 3.34. The Kier molecular flexibility index (Phi) is 4.75. The van der Waals surface area contributed by atoms with Crippen LogP contribution in [0.15, 0.2) is 17.6 Å². The highest BCUT2D eigenvalue weighted by atomic mass is 32.1. The van der Waals surface area contributed by atoms with E-state index in [4.69, 9.17) is 0 Å². The number of nitrogens with zero attached hydrogens (tertiary/aromatic N) is 4. The van der Waals surface area contributed by atoms with E-state index in [0.717, 1.165) is 12.8 Å². The molecule has 1 N–H and O–H groups in total. The summed E-state index contributed by atoms with van der Waals surface area (Å²) < 4.78 is 1.79. The van der Waals surface area contributed by atoms with Crippen LogP contribution in [0.3, 0.4) is 0 Å². The van der Waals surface area contributed by atoms with E-state index in [2.05, 4.69) is 10.3 Å². The van der Waals surface area contributed by atoms with Crippen LogP contribution in [-0.4, -0.2) is 49.8 Å². The average molecular weight is 362 g/mol. The molecule has 1 aliphatic heterocycles. The highest BCUT2D eigenvalue weighted by molar-refractivity contribution is 7.12. The summed E-state index contributed by atoms with van der Waals surface area (Å²) in [7, 11) is 0. The van der Waals surface area contributed by atoms with Crippen molar-refractivity contribution in [1.82, 2.24) is 19.9 Å². The molecule has 3 rings (SSSR count). The van der Waals surface area contributed by atoms with Gasteiger partial charge in [-0.1, -0.05) is 5.21 Å². The summed E-state index contributed by atoms with van der Waals surface area (Å²) in [5.41, 5.74) is 0.113. The van der Waals surface area contributed by atoms with Crippen molar-refractivity contribution < 1.29 is 14.7 Å². The first-order valence-corrected chi connectivity index (χ1v) is 9.17. The number of hydrogen-bond donors (Lipinski definition) is 1.